The molecule has 7 heteroatoms. The van der Waals surface area contributed by atoms with E-state index in [1.807, 2.05) is 60.0 Å². The fourth-order valence-electron chi connectivity index (χ4n) is 4.62. The first kappa shape index (κ1) is 22.8. The smallest absolute Gasteiger partial charge is 0.205 e. The van der Waals surface area contributed by atoms with Crippen molar-refractivity contribution in [3.05, 3.63) is 95.0 Å². The van der Waals surface area contributed by atoms with E-state index in [0.29, 0.717) is 24.4 Å². The molecule has 1 unspecified atom stereocenters. The quantitative estimate of drug-likeness (QED) is 0.499. The van der Waals surface area contributed by atoms with Crippen LogP contribution in [0.3, 0.4) is 0 Å². The van der Waals surface area contributed by atoms with Crippen molar-refractivity contribution in [2.75, 3.05) is 20.7 Å². The molecule has 1 fully saturated rings. The number of halogens is 1. The predicted molar refractivity (Wildman–Crippen MR) is 134 cm³/mol. The summed E-state index contributed by atoms with van der Waals surface area (Å²) >= 11 is 0. The van der Waals surface area contributed by atoms with E-state index in [1.54, 1.807) is 25.6 Å². The van der Waals surface area contributed by atoms with Crippen molar-refractivity contribution in [1.82, 2.24) is 14.5 Å². The van der Waals surface area contributed by atoms with E-state index in [1.165, 1.54) is 12.1 Å². The Hall–Kier alpha value is -4.00. The molecule has 3 heterocycles. The van der Waals surface area contributed by atoms with Crippen LogP contribution < -0.4 is 4.74 Å². The number of benzene rings is 2. The van der Waals surface area contributed by atoms with Crippen molar-refractivity contribution < 1.29 is 13.9 Å². The number of hydrogen-bond donors (Lipinski definition) is 0. The van der Waals surface area contributed by atoms with Crippen molar-refractivity contribution in [3.8, 4) is 11.4 Å². The standard InChI is InChI=1S/C28H27FN4O2/c1-18-16-33(17-31-18)24-9-4-19(13-26(24)35-3)12-25-28(34)22-14-21(20-5-7-23(29)8-6-20)10-11-30-27(15-22)32(25)2/h4-9,12-14,16-17,21H,10-11,15H2,1-3H3/b22-14-,25-12-,30-27?. The van der Waals surface area contributed by atoms with Crippen LogP contribution in [-0.4, -0.2) is 46.8 Å². The molecule has 2 bridgehead atoms. The third kappa shape index (κ3) is 4.54. The third-order valence-electron chi connectivity index (χ3n) is 6.55. The maximum Gasteiger partial charge on any atom is 0.205 e. The third-order valence-corrected chi connectivity index (χ3v) is 6.55. The Morgan fingerprint density at radius 2 is 1.97 bits per heavy atom. The fourth-order valence-corrected chi connectivity index (χ4v) is 4.62. The van der Waals surface area contributed by atoms with Crippen LogP contribution in [0.5, 0.6) is 5.75 Å². The summed E-state index contributed by atoms with van der Waals surface area (Å²) in [5.74, 6) is 1.29. The highest BCUT2D eigenvalue weighted by atomic mass is 19.1. The van der Waals surface area contributed by atoms with Crippen LogP contribution in [-0.2, 0) is 4.79 Å². The maximum atomic E-state index is 13.6. The summed E-state index contributed by atoms with van der Waals surface area (Å²) in [5, 5.41) is 0. The number of ether oxygens (including phenoxy) is 1. The number of rotatable bonds is 4. The van der Waals surface area contributed by atoms with Crippen molar-refractivity contribution in [3.63, 3.8) is 0 Å². The van der Waals surface area contributed by atoms with Crippen LogP contribution in [0.2, 0.25) is 0 Å². The van der Waals surface area contributed by atoms with Crippen molar-refractivity contribution in [2.24, 2.45) is 4.99 Å². The van der Waals surface area contributed by atoms with Gasteiger partial charge in [0.2, 0.25) is 5.78 Å². The van der Waals surface area contributed by atoms with Gasteiger partial charge in [-0.2, -0.15) is 0 Å². The number of aromatic nitrogens is 2. The summed E-state index contributed by atoms with van der Waals surface area (Å²) in [4.78, 5) is 24.5. The van der Waals surface area contributed by atoms with Gasteiger partial charge < -0.3 is 14.2 Å². The van der Waals surface area contributed by atoms with Crippen LogP contribution in [0.15, 0.2) is 77.3 Å². The highest BCUT2D eigenvalue weighted by Crippen LogP contribution is 2.33. The summed E-state index contributed by atoms with van der Waals surface area (Å²) < 4.78 is 21.0. The average Bonchev–Trinajstić information content (AvgIpc) is 3.27. The van der Waals surface area contributed by atoms with Gasteiger partial charge in [-0.05, 0) is 54.8 Å². The number of methoxy groups -OCH3 is 1. The van der Waals surface area contributed by atoms with E-state index < -0.39 is 0 Å². The van der Waals surface area contributed by atoms with Gasteiger partial charge in [0, 0.05) is 37.7 Å². The number of likely N-dealkylation sites (tertiary alicyclic amines) is 1. The van der Waals surface area contributed by atoms with Crippen LogP contribution in [0.25, 0.3) is 11.8 Å². The van der Waals surface area contributed by atoms with Gasteiger partial charge in [-0.15, -0.1) is 0 Å². The van der Waals surface area contributed by atoms with Crippen molar-refractivity contribution in [2.45, 2.75) is 25.7 Å². The molecule has 2 aromatic carbocycles. The number of aliphatic imine (C=N–C) groups is 1. The van der Waals surface area contributed by atoms with Gasteiger partial charge in [0.25, 0.3) is 0 Å². The Morgan fingerprint density at radius 1 is 1.17 bits per heavy atom. The molecule has 0 spiro atoms. The second kappa shape index (κ2) is 9.33. The molecule has 1 atom stereocenters. The highest BCUT2D eigenvalue weighted by Gasteiger charge is 2.31. The van der Waals surface area contributed by atoms with E-state index in [-0.39, 0.29) is 17.5 Å². The molecule has 0 radical (unpaired) electrons. The minimum Gasteiger partial charge on any atom is -0.495 e. The van der Waals surface area contributed by atoms with Crippen LogP contribution in [0, 0.1) is 12.7 Å². The molecule has 35 heavy (non-hydrogen) atoms. The molecule has 0 aliphatic carbocycles. The van der Waals surface area contributed by atoms with Gasteiger partial charge in [-0.3, -0.25) is 9.79 Å². The maximum absolute atomic E-state index is 13.6. The zero-order chi connectivity index (χ0) is 24.5. The lowest BCUT2D eigenvalue weighted by molar-refractivity contribution is -0.113. The van der Waals surface area contributed by atoms with Crippen molar-refractivity contribution >= 4 is 17.7 Å². The number of ketones is 1. The number of carbonyl (C=O) groups excluding carboxylic acids is 1. The summed E-state index contributed by atoms with van der Waals surface area (Å²) in [7, 11) is 3.52. The molecular weight excluding hydrogens is 443 g/mol. The number of aryl methyl sites for hydroxylation is 1. The molecule has 0 amide bonds. The first-order chi connectivity index (χ1) is 16.9. The van der Waals surface area contributed by atoms with E-state index in [2.05, 4.69) is 4.98 Å². The second-order valence-electron chi connectivity index (χ2n) is 8.88. The van der Waals surface area contributed by atoms with Crippen LogP contribution in [0.4, 0.5) is 4.39 Å². The van der Waals surface area contributed by atoms with E-state index in [4.69, 9.17) is 9.73 Å². The van der Waals surface area contributed by atoms with Gasteiger partial charge in [0.1, 0.15) is 17.4 Å². The number of allylic oxidation sites excluding steroid dienone is 2. The summed E-state index contributed by atoms with van der Waals surface area (Å²) in [6.07, 6.45) is 8.86. The first-order valence-electron chi connectivity index (χ1n) is 11.6. The number of imidazole rings is 1. The Balaban J connectivity index is 1.50. The minimum absolute atomic E-state index is 0.0162. The zero-order valence-corrected chi connectivity index (χ0v) is 20.0. The normalized spacial score (nSPS) is 20.7. The lowest BCUT2D eigenvalue weighted by Gasteiger charge is -2.32. The number of nitrogens with zero attached hydrogens (tertiary/aromatic N) is 4. The minimum atomic E-state index is -0.266. The molecule has 0 saturated carbocycles. The molecule has 0 N–H and O–H groups in total. The van der Waals surface area contributed by atoms with E-state index in [9.17, 15) is 9.18 Å². The van der Waals surface area contributed by atoms with E-state index in [0.717, 1.165) is 40.3 Å². The molecule has 3 aromatic rings. The van der Waals surface area contributed by atoms with E-state index >= 15 is 0 Å². The molecule has 5 rings (SSSR count). The molecule has 1 aromatic heterocycles. The molecule has 1 saturated heterocycles. The summed E-state index contributed by atoms with van der Waals surface area (Å²) in [5.41, 5.74) is 4.92. The largest absolute Gasteiger partial charge is 0.495 e. The number of likely N-dealkylation sites (N-methyl/N-ethyl adjacent to an activating group) is 1. The molecule has 2 aliphatic heterocycles. The topological polar surface area (TPSA) is 59.7 Å². The molecule has 178 valence electrons. The number of carbonyl (C=O) groups is 1. The number of piperidine rings is 1. The molecule has 2 aliphatic rings. The lowest BCUT2D eigenvalue weighted by Crippen LogP contribution is -2.37. The van der Waals surface area contributed by atoms with Crippen LogP contribution in [0.1, 0.15) is 35.6 Å². The number of Topliss-reactive ketones (excluding diaryl/α,β-unsaturated/α-hetero) is 1. The summed E-state index contributed by atoms with van der Waals surface area (Å²) in [6, 6.07) is 12.3. The zero-order valence-electron chi connectivity index (χ0n) is 20.0. The van der Waals surface area contributed by atoms with Crippen LogP contribution >= 0.6 is 0 Å². The molecule has 6 nitrogen and oxygen atoms in total. The highest BCUT2D eigenvalue weighted by molar-refractivity contribution is 6.18. The van der Waals surface area contributed by atoms with Gasteiger partial charge in [-0.1, -0.05) is 24.3 Å². The Kier molecular flexibility index (Phi) is 6.07. The first-order valence-corrected chi connectivity index (χ1v) is 11.6. The number of fused-ring (bicyclic) bond motifs is 2. The Morgan fingerprint density at radius 3 is 2.69 bits per heavy atom. The van der Waals surface area contributed by atoms with Crippen molar-refractivity contribution in [1.29, 1.82) is 0 Å². The summed E-state index contributed by atoms with van der Waals surface area (Å²) in [6.45, 7) is 2.58. The van der Waals surface area contributed by atoms with Gasteiger partial charge in [0.15, 0.2) is 0 Å². The fraction of sp³-hybridized carbons (Fsp3) is 0.250. The number of amidine groups is 1. The predicted octanol–water partition coefficient (Wildman–Crippen LogP) is 5.09. The second-order valence-corrected chi connectivity index (χ2v) is 8.88. The Labute approximate surface area is 204 Å². The SMILES string of the molecule is COc1cc(/C=C2/C(=O)/C3=C\C(c4ccc(F)cc4)CCN=C(C3)N2C)ccc1-n1cnc(C)c1. The lowest BCUT2D eigenvalue weighted by atomic mass is 9.87. The molecular formula is C28H27FN4O2. The monoisotopic (exact) mass is 470 g/mol. The van der Waals surface area contributed by atoms with Gasteiger partial charge >= 0.3 is 0 Å². The average molecular weight is 471 g/mol. The van der Waals surface area contributed by atoms with Gasteiger partial charge in [0.05, 0.1) is 30.5 Å². The Bertz CT molecular complexity index is 1370. The van der Waals surface area contributed by atoms with Gasteiger partial charge in [-0.25, -0.2) is 9.37 Å². The number of hydrogen-bond acceptors (Lipinski definition) is 5.